The molecule has 6 rings (SSSR count). The zero-order valence-corrected chi connectivity index (χ0v) is 20.4. The van der Waals surface area contributed by atoms with Crippen LogP contribution in [0.2, 0.25) is 0 Å². The van der Waals surface area contributed by atoms with Gasteiger partial charge in [-0.25, -0.2) is 9.37 Å². The van der Waals surface area contributed by atoms with E-state index in [4.69, 9.17) is 4.98 Å². The lowest BCUT2D eigenvalue weighted by Gasteiger charge is -2.43. The lowest BCUT2D eigenvalue weighted by molar-refractivity contribution is 0.0970. The summed E-state index contributed by atoms with van der Waals surface area (Å²) in [6.07, 6.45) is -0.284. The van der Waals surface area contributed by atoms with Crippen molar-refractivity contribution in [3.63, 3.8) is 0 Å². The summed E-state index contributed by atoms with van der Waals surface area (Å²) in [6.45, 7) is 0. The quantitative estimate of drug-likeness (QED) is 0.258. The Morgan fingerprint density at radius 1 is 0.886 bits per heavy atom. The molecule has 0 spiro atoms. The maximum Gasteiger partial charge on any atom is 0.262 e. The van der Waals surface area contributed by atoms with Gasteiger partial charge in [-0.1, -0.05) is 30.3 Å². The van der Waals surface area contributed by atoms with Gasteiger partial charge in [-0.3, -0.25) is 9.69 Å². The first-order valence-corrected chi connectivity index (χ1v) is 12.8. The number of halogens is 1. The first-order chi connectivity index (χ1) is 17.1. The third-order valence-electron chi connectivity index (χ3n) is 6.11. The largest absolute Gasteiger partial charge is 0.349 e. The van der Waals surface area contributed by atoms with Crippen LogP contribution in [0.1, 0.15) is 21.4 Å². The van der Waals surface area contributed by atoms with Gasteiger partial charge in [-0.2, -0.15) is 0 Å². The Morgan fingerprint density at radius 3 is 2.43 bits per heavy atom. The number of para-hydroxylation sites is 2. The van der Waals surface area contributed by atoms with E-state index in [-0.39, 0.29) is 17.9 Å². The summed E-state index contributed by atoms with van der Waals surface area (Å²) in [5.41, 5.74) is 4.23. The minimum absolute atomic E-state index is 0.0166. The highest BCUT2D eigenvalue weighted by atomic mass is 32.1. The number of amides is 1. The van der Waals surface area contributed by atoms with E-state index in [1.165, 1.54) is 23.5 Å². The van der Waals surface area contributed by atoms with Crippen LogP contribution in [0.3, 0.4) is 0 Å². The van der Waals surface area contributed by atoms with Crippen molar-refractivity contribution in [1.82, 2.24) is 4.98 Å². The second-order valence-electron chi connectivity index (χ2n) is 8.26. The molecule has 35 heavy (non-hydrogen) atoms. The number of thiazole rings is 1. The summed E-state index contributed by atoms with van der Waals surface area (Å²) in [5.74, 6) is -0.277. The molecule has 1 unspecified atom stereocenters. The molecule has 0 radical (unpaired) electrons. The van der Waals surface area contributed by atoms with E-state index in [9.17, 15) is 9.18 Å². The molecule has 0 saturated carbocycles. The lowest BCUT2D eigenvalue weighted by Crippen LogP contribution is -2.47. The number of aromatic nitrogens is 1. The van der Waals surface area contributed by atoms with Crippen LogP contribution in [0.15, 0.2) is 96.4 Å². The molecule has 1 aliphatic heterocycles. The summed E-state index contributed by atoms with van der Waals surface area (Å²) >= 11 is 3.17. The Bertz CT molecular complexity index is 1510. The number of carbonyl (C=O) groups excluding carboxylic acids is 1. The third-order valence-corrected chi connectivity index (χ3v) is 8.15. The van der Waals surface area contributed by atoms with Crippen LogP contribution >= 0.6 is 22.7 Å². The van der Waals surface area contributed by atoms with Gasteiger partial charge in [-0.05, 0) is 60.7 Å². The van der Waals surface area contributed by atoms with Gasteiger partial charge in [0, 0.05) is 28.6 Å². The average Bonchev–Trinajstić information content (AvgIpc) is 3.57. The molecule has 0 N–H and O–H groups in total. The molecule has 0 aliphatic carbocycles. The van der Waals surface area contributed by atoms with Crippen LogP contribution in [-0.4, -0.2) is 17.9 Å². The van der Waals surface area contributed by atoms with Gasteiger partial charge in [0.05, 0.1) is 21.8 Å². The number of thiophene rings is 1. The first kappa shape index (κ1) is 21.7. The molecule has 1 aliphatic rings. The molecular formula is C28H20FN3OS2. The second kappa shape index (κ2) is 8.76. The van der Waals surface area contributed by atoms with Crippen LogP contribution in [-0.2, 0) is 0 Å². The molecule has 3 heterocycles. The van der Waals surface area contributed by atoms with Crippen molar-refractivity contribution in [2.45, 2.75) is 6.17 Å². The fraction of sp³-hybridized carbons (Fsp3) is 0.0714. The van der Waals surface area contributed by atoms with Gasteiger partial charge in [0.1, 0.15) is 17.0 Å². The van der Waals surface area contributed by atoms with Gasteiger partial charge in [-0.15, -0.1) is 22.7 Å². The highest BCUT2D eigenvalue weighted by Crippen LogP contribution is 2.44. The highest BCUT2D eigenvalue weighted by Gasteiger charge is 2.38. The molecule has 0 bridgehead atoms. The summed E-state index contributed by atoms with van der Waals surface area (Å²) in [4.78, 5) is 24.6. The Labute approximate surface area is 210 Å². The van der Waals surface area contributed by atoms with Crippen molar-refractivity contribution < 1.29 is 9.18 Å². The Kier molecular flexibility index (Phi) is 5.43. The molecule has 5 aromatic rings. The standard InChI is InChI=1S/C28H20FN3OS2/c1-31-23-10-6-5-9-21(23)28(33)32(20-7-3-2-4-8-20)27(31)25-16-15-24(35-25)22-17-34-26(30-22)18-11-13-19(29)14-12-18/h2-17,27H,1H3. The van der Waals surface area contributed by atoms with Gasteiger partial charge in [0.15, 0.2) is 0 Å². The summed E-state index contributed by atoms with van der Waals surface area (Å²) < 4.78 is 13.3. The summed E-state index contributed by atoms with van der Waals surface area (Å²) in [5, 5.41) is 2.87. The number of carbonyl (C=O) groups is 1. The maximum absolute atomic E-state index is 13.7. The van der Waals surface area contributed by atoms with E-state index in [0.717, 1.165) is 37.4 Å². The number of benzene rings is 3. The zero-order chi connectivity index (χ0) is 23.9. The molecule has 2 aromatic heterocycles. The van der Waals surface area contributed by atoms with E-state index in [1.54, 1.807) is 23.5 Å². The predicted molar refractivity (Wildman–Crippen MR) is 142 cm³/mol. The highest BCUT2D eigenvalue weighted by molar-refractivity contribution is 7.16. The van der Waals surface area contributed by atoms with Gasteiger partial charge in [0.25, 0.3) is 5.91 Å². The number of fused-ring (bicyclic) bond motifs is 1. The van der Waals surface area contributed by atoms with Crippen LogP contribution in [0.25, 0.3) is 21.1 Å². The molecule has 0 fully saturated rings. The van der Waals surface area contributed by atoms with E-state index < -0.39 is 0 Å². The molecule has 172 valence electrons. The fourth-order valence-electron chi connectivity index (χ4n) is 4.41. The monoisotopic (exact) mass is 497 g/mol. The Morgan fingerprint density at radius 2 is 1.63 bits per heavy atom. The molecule has 1 amide bonds. The topological polar surface area (TPSA) is 36.4 Å². The van der Waals surface area contributed by atoms with Gasteiger partial charge in [0.2, 0.25) is 0 Å². The van der Waals surface area contributed by atoms with E-state index >= 15 is 0 Å². The number of anilines is 2. The van der Waals surface area contributed by atoms with Crippen LogP contribution in [0, 0.1) is 5.82 Å². The molecular weight excluding hydrogens is 477 g/mol. The molecule has 0 saturated heterocycles. The van der Waals surface area contributed by atoms with Crippen molar-refractivity contribution in [1.29, 1.82) is 0 Å². The molecule has 4 nitrogen and oxygen atoms in total. The maximum atomic E-state index is 13.7. The molecule has 7 heteroatoms. The average molecular weight is 498 g/mol. The van der Waals surface area contributed by atoms with Gasteiger partial charge >= 0.3 is 0 Å². The van der Waals surface area contributed by atoms with E-state index in [2.05, 4.69) is 17.0 Å². The van der Waals surface area contributed by atoms with Crippen molar-refractivity contribution >= 4 is 40.0 Å². The minimum Gasteiger partial charge on any atom is -0.349 e. The van der Waals surface area contributed by atoms with Crippen molar-refractivity contribution in [3.8, 4) is 21.1 Å². The number of hydrogen-bond donors (Lipinski definition) is 0. The minimum atomic E-state index is -0.284. The predicted octanol–water partition coefficient (Wildman–Crippen LogP) is 7.47. The number of rotatable bonds is 4. The third kappa shape index (κ3) is 3.83. The number of hydrogen-bond acceptors (Lipinski definition) is 5. The first-order valence-electron chi connectivity index (χ1n) is 11.1. The Balaban J connectivity index is 1.40. The molecule has 1 atom stereocenters. The van der Waals surface area contributed by atoms with Crippen molar-refractivity contribution in [2.75, 3.05) is 16.8 Å². The van der Waals surface area contributed by atoms with Crippen molar-refractivity contribution in [3.05, 3.63) is 113 Å². The number of nitrogens with zero attached hydrogens (tertiary/aromatic N) is 3. The zero-order valence-electron chi connectivity index (χ0n) is 18.8. The van der Waals surface area contributed by atoms with Crippen LogP contribution in [0.5, 0.6) is 0 Å². The fourth-order valence-corrected chi connectivity index (χ4v) is 6.42. The lowest BCUT2D eigenvalue weighted by atomic mass is 10.0. The van der Waals surface area contributed by atoms with Crippen molar-refractivity contribution in [2.24, 2.45) is 0 Å². The normalized spacial score (nSPS) is 15.4. The van der Waals surface area contributed by atoms with Crippen LogP contribution < -0.4 is 9.80 Å². The smallest absolute Gasteiger partial charge is 0.262 e. The Hall–Kier alpha value is -3.81. The van der Waals surface area contributed by atoms with Gasteiger partial charge < -0.3 is 4.90 Å². The summed E-state index contributed by atoms with van der Waals surface area (Å²) in [6, 6.07) is 28.1. The van der Waals surface area contributed by atoms with E-state index in [0.29, 0.717) is 5.56 Å². The van der Waals surface area contributed by atoms with E-state index in [1.807, 2.05) is 71.9 Å². The van der Waals surface area contributed by atoms with Crippen LogP contribution in [0.4, 0.5) is 15.8 Å². The summed E-state index contributed by atoms with van der Waals surface area (Å²) in [7, 11) is 2.03. The second-order valence-corrected chi connectivity index (χ2v) is 10.2. The SMILES string of the molecule is CN1c2ccccc2C(=O)N(c2ccccc2)C1c1ccc(-c2csc(-c3ccc(F)cc3)n2)s1. The molecule has 3 aromatic carbocycles.